The molecule has 0 fully saturated rings. The molecule has 0 bridgehead atoms. The number of aromatic amines is 1. The van der Waals surface area contributed by atoms with Crippen molar-refractivity contribution in [2.45, 2.75) is 5.92 Å². The maximum Gasteiger partial charge on any atom is 0.407 e. The third-order valence-corrected chi connectivity index (χ3v) is 4.63. The zero-order chi connectivity index (χ0) is 20.2. The number of nitrogens with one attached hydrogen (secondary N) is 2. The molecule has 1 heterocycles. The van der Waals surface area contributed by atoms with Crippen LogP contribution in [0.3, 0.4) is 0 Å². The Hall–Kier alpha value is -4.12. The lowest BCUT2D eigenvalue weighted by molar-refractivity contribution is -0.389. The van der Waals surface area contributed by atoms with Crippen LogP contribution in [-0.4, -0.2) is 34.1 Å². The smallest absolute Gasteiger partial charge is 0.407 e. The number of fused-ring (bicyclic) bond motifs is 3. The fourth-order valence-electron chi connectivity index (χ4n) is 3.36. The van der Waals surface area contributed by atoms with Crippen molar-refractivity contribution in [2.75, 3.05) is 13.2 Å². The van der Waals surface area contributed by atoms with Gasteiger partial charge < -0.3 is 20.2 Å². The third-order valence-electron chi connectivity index (χ3n) is 4.63. The van der Waals surface area contributed by atoms with Gasteiger partial charge in [-0.15, -0.1) is 0 Å². The number of amides is 1. The summed E-state index contributed by atoms with van der Waals surface area (Å²) in [4.78, 5) is 28.2. The number of H-pyrrole nitrogens is 1. The van der Waals surface area contributed by atoms with E-state index in [1.165, 1.54) is 0 Å². The van der Waals surface area contributed by atoms with E-state index < -0.39 is 11.0 Å². The molecule has 0 unspecified atom stereocenters. The second kappa shape index (κ2) is 7.86. The SMILES string of the molecule is O=C(NCC#Cc1ncc([N+](=O)[O-])[nH]1)OCC1c2ccccc2-c2ccccc21. The quantitative estimate of drug-likeness (QED) is 0.405. The van der Waals surface area contributed by atoms with Crippen molar-refractivity contribution in [2.24, 2.45) is 0 Å². The summed E-state index contributed by atoms with van der Waals surface area (Å²) in [6.45, 7) is 0.253. The lowest BCUT2D eigenvalue weighted by Crippen LogP contribution is -2.26. The normalized spacial score (nSPS) is 11.7. The number of rotatable bonds is 4. The van der Waals surface area contributed by atoms with Crippen LogP contribution in [-0.2, 0) is 4.74 Å². The maximum atomic E-state index is 12.0. The van der Waals surface area contributed by atoms with Crippen molar-refractivity contribution in [3.63, 3.8) is 0 Å². The number of nitro groups is 1. The number of benzene rings is 2. The molecule has 8 nitrogen and oxygen atoms in total. The predicted molar refractivity (Wildman–Crippen MR) is 105 cm³/mol. The van der Waals surface area contributed by atoms with E-state index in [-0.39, 0.29) is 30.7 Å². The van der Waals surface area contributed by atoms with Gasteiger partial charge in [0.2, 0.25) is 0 Å². The number of nitrogens with zero attached hydrogens (tertiary/aromatic N) is 2. The van der Waals surface area contributed by atoms with Crippen LogP contribution in [0.1, 0.15) is 22.9 Å². The molecule has 0 spiro atoms. The standard InChI is InChI=1S/C21H16N4O4/c26-21(22-11-5-10-19-23-12-20(24-19)25(27)28)29-13-18-16-8-3-1-6-14(16)15-7-2-4-9-17(15)18/h1-4,6-9,12,18H,11,13H2,(H,22,26)(H,23,24). The molecule has 1 aliphatic rings. The topological polar surface area (TPSA) is 110 Å². The number of hydrogen-bond acceptors (Lipinski definition) is 5. The van der Waals surface area contributed by atoms with Crippen LogP contribution in [0.15, 0.2) is 54.7 Å². The molecule has 1 aliphatic carbocycles. The molecule has 144 valence electrons. The summed E-state index contributed by atoms with van der Waals surface area (Å²) in [6, 6.07) is 16.2. The molecule has 29 heavy (non-hydrogen) atoms. The van der Waals surface area contributed by atoms with Crippen LogP contribution < -0.4 is 5.32 Å². The van der Waals surface area contributed by atoms with E-state index in [4.69, 9.17) is 4.74 Å². The molecule has 1 amide bonds. The number of aromatic nitrogens is 2. The maximum absolute atomic E-state index is 12.0. The first-order valence-electron chi connectivity index (χ1n) is 8.90. The zero-order valence-corrected chi connectivity index (χ0v) is 15.2. The molecule has 0 aliphatic heterocycles. The minimum atomic E-state index is -0.590. The van der Waals surface area contributed by atoms with Gasteiger partial charge in [0.1, 0.15) is 12.8 Å². The van der Waals surface area contributed by atoms with E-state index in [2.05, 4.69) is 51.4 Å². The Morgan fingerprint density at radius 1 is 1.17 bits per heavy atom. The van der Waals surface area contributed by atoms with Crippen molar-refractivity contribution in [1.82, 2.24) is 15.3 Å². The van der Waals surface area contributed by atoms with Crippen molar-refractivity contribution in [3.05, 3.63) is 81.8 Å². The fourth-order valence-corrected chi connectivity index (χ4v) is 3.36. The Balaban J connectivity index is 1.33. The first-order chi connectivity index (χ1) is 14.1. The van der Waals surface area contributed by atoms with E-state index in [1.807, 2.05) is 24.3 Å². The number of hydrogen-bond donors (Lipinski definition) is 2. The number of carbonyl (C=O) groups excluding carboxylic acids is 1. The van der Waals surface area contributed by atoms with E-state index in [1.54, 1.807) is 0 Å². The average molecular weight is 388 g/mol. The van der Waals surface area contributed by atoms with Gasteiger partial charge in [-0.25, -0.2) is 14.8 Å². The Kier molecular flexibility index (Phi) is 4.95. The minimum absolute atomic E-state index is 0.0112. The van der Waals surface area contributed by atoms with E-state index in [9.17, 15) is 14.9 Å². The molecule has 1 aromatic heterocycles. The Bertz CT molecular complexity index is 1100. The van der Waals surface area contributed by atoms with E-state index in [0.29, 0.717) is 0 Å². The first kappa shape index (κ1) is 18.3. The molecular formula is C21H16N4O4. The molecule has 4 rings (SSSR count). The van der Waals surface area contributed by atoms with Gasteiger partial charge in [-0.2, -0.15) is 0 Å². The fraction of sp³-hybridized carbons (Fsp3) is 0.143. The highest BCUT2D eigenvalue weighted by Crippen LogP contribution is 2.44. The molecule has 2 aromatic carbocycles. The number of carbonyl (C=O) groups is 1. The van der Waals surface area contributed by atoms with Crippen molar-refractivity contribution in [1.29, 1.82) is 0 Å². The van der Waals surface area contributed by atoms with Crippen LogP contribution in [0.5, 0.6) is 0 Å². The monoisotopic (exact) mass is 388 g/mol. The van der Waals surface area contributed by atoms with Gasteiger partial charge in [0.25, 0.3) is 5.82 Å². The molecule has 3 aromatic rings. The summed E-state index contributed by atoms with van der Waals surface area (Å²) in [7, 11) is 0. The highest BCUT2D eigenvalue weighted by atomic mass is 16.6. The summed E-state index contributed by atoms with van der Waals surface area (Å²) >= 11 is 0. The van der Waals surface area contributed by atoms with Crippen molar-refractivity contribution < 1.29 is 14.5 Å². The van der Waals surface area contributed by atoms with Crippen molar-refractivity contribution in [3.8, 4) is 23.0 Å². The molecular weight excluding hydrogens is 372 g/mol. The Labute approximate surface area is 166 Å². The third kappa shape index (κ3) is 3.80. The van der Waals surface area contributed by atoms with Gasteiger partial charge in [-0.05, 0) is 33.1 Å². The predicted octanol–water partition coefficient (Wildman–Crippen LogP) is 3.21. The summed E-state index contributed by atoms with van der Waals surface area (Å²) in [5, 5.41) is 13.1. The number of ether oxygens (including phenoxy) is 1. The second-order valence-electron chi connectivity index (χ2n) is 6.36. The first-order valence-corrected chi connectivity index (χ1v) is 8.90. The molecule has 8 heteroatoms. The molecule has 2 N–H and O–H groups in total. The molecule has 0 radical (unpaired) electrons. The zero-order valence-electron chi connectivity index (χ0n) is 15.2. The van der Waals surface area contributed by atoms with E-state index in [0.717, 1.165) is 28.5 Å². The van der Waals surface area contributed by atoms with Gasteiger partial charge in [-0.1, -0.05) is 54.5 Å². The summed E-state index contributed by atoms with van der Waals surface area (Å²) < 4.78 is 5.40. The van der Waals surface area contributed by atoms with Crippen LogP contribution >= 0.6 is 0 Å². The number of imidazole rings is 1. The van der Waals surface area contributed by atoms with Gasteiger partial charge in [0.15, 0.2) is 0 Å². The summed E-state index contributed by atoms with van der Waals surface area (Å²) in [5.41, 5.74) is 4.60. The molecule has 0 atom stereocenters. The lowest BCUT2D eigenvalue weighted by atomic mass is 9.98. The largest absolute Gasteiger partial charge is 0.449 e. The van der Waals surface area contributed by atoms with Crippen LogP contribution in [0.2, 0.25) is 0 Å². The van der Waals surface area contributed by atoms with E-state index >= 15 is 0 Å². The van der Waals surface area contributed by atoms with Gasteiger partial charge in [0.05, 0.1) is 6.54 Å². The van der Waals surface area contributed by atoms with Crippen LogP contribution in [0.4, 0.5) is 10.6 Å². The summed E-state index contributed by atoms with van der Waals surface area (Å²) in [5.74, 6) is 5.18. The van der Waals surface area contributed by atoms with Gasteiger partial charge >= 0.3 is 11.9 Å². The lowest BCUT2D eigenvalue weighted by Gasteiger charge is -2.14. The Morgan fingerprint density at radius 3 is 2.45 bits per heavy atom. The molecule has 0 saturated carbocycles. The minimum Gasteiger partial charge on any atom is -0.449 e. The molecule has 0 saturated heterocycles. The highest BCUT2D eigenvalue weighted by molar-refractivity contribution is 5.79. The number of alkyl carbamates (subject to hydrolysis) is 1. The highest BCUT2D eigenvalue weighted by Gasteiger charge is 2.28. The van der Waals surface area contributed by atoms with Gasteiger partial charge in [0, 0.05) is 5.92 Å². The van der Waals surface area contributed by atoms with Crippen molar-refractivity contribution >= 4 is 11.9 Å². The Morgan fingerprint density at radius 2 is 1.83 bits per heavy atom. The van der Waals surface area contributed by atoms with Gasteiger partial charge in [-0.3, -0.25) is 0 Å². The summed E-state index contributed by atoms with van der Waals surface area (Å²) in [6.07, 6.45) is 0.509. The van der Waals surface area contributed by atoms with Crippen LogP contribution in [0, 0.1) is 22.0 Å². The van der Waals surface area contributed by atoms with Crippen LogP contribution in [0.25, 0.3) is 11.1 Å². The second-order valence-corrected chi connectivity index (χ2v) is 6.36. The average Bonchev–Trinajstić information content (AvgIpc) is 3.33.